The number of allylic oxidation sites excluding steroid dienone is 1. The number of carbonyl (C=O) groups is 2. The minimum Gasteiger partial charge on any atom is -0.508 e. The van der Waals surface area contributed by atoms with E-state index in [9.17, 15) is 14.7 Å². The van der Waals surface area contributed by atoms with Gasteiger partial charge in [-0.05, 0) is 75.4 Å². The fraction of sp³-hybridized carbons (Fsp3) is 0.515. The number of benzene rings is 1. The number of phenols is 1. The van der Waals surface area contributed by atoms with Gasteiger partial charge in [0.15, 0.2) is 5.17 Å². The van der Waals surface area contributed by atoms with Gasteiger partial charge in [-0.3, -0.25) is 9.59 Å². The van der Waals surface area contributed by atoms with Crippen molar-refractivity contribution in [1.82, 2.24) is 25.0 Å². The highest BCUT2D eigenvalue weighted by atomic mass is 35.5. The third-order valence-corrected chi connectivity index (χ3v) is 11.6. The molecule has 0 bridgehead atoms. The molecule has 3 fully saturated rings. The molecule has 2 aromatic rings. The highest BCUT2D eigenvalue weighted by Crippen LogP contribution is 2.57. The van der Waals surface area contributed by atoms with Crippen molar-refractivity contribution in [1.29, 1.82) is 0 Å². The molecule has 5 aliphatic rings. The molecular weight excluding hydrogens is 631 g/mol. The number of amidine groups is 1. The summed E-state index contributed by atoms with van der Waals surface area (Å²) < 4.78 is 0. The molecule has 7 rings (SSSR count). The van der Waals surface area contributed by atoms with Gasteiger partial charge in [-0.25, -0.2) is 9.98 Å². The molecule has 5 heterocycles. The van der Waals surface area contributed by atoms with Crippen molar-refractivity contribution >= 4 is 51.9 Å². The van der Waals surface area contributed by atoms with E-state index < -0.39 is 17.6 Å². The van der Waals surface area contributed by atoms with Gasteiger partial charge in [0, 0.05) is 59.3 Å². The quantitative estimate of drug-likeness (QED) is 0.396. The van der Waals surface area contributed by atoms with E-state index in [1.165, 1.54) is 17.8 Å². The third kappa shape index (κ3) is 5.12. The Bertz CT molecular complexity index is 1630. The number of aromatic hydroxyl groups is 1. The molecule has 9 nitrogen and oxygen atoms in total. The van der Waals surface area contributed by atoms with E-state index in [0.717, 1.165) is 37.1 Å². The fourth-order valence-electron chi connectivity index (χ4n) is 7.55. The van der Waals surface area contributed by atoms with Crippen molar-refractivity contribution in [3.05, 3.63) is 68.4 Å². The zero-order valence-corrected chi connectivity index (χ0v) is 28.2. The number of piperazine rings is 1. The van der Waals surface area contributed by atoms with Crippen molar-refractivity contribution in [3.63, 3.8) is 0 Å². The van der Waals surface area contributed by atoms with Crippen LogP contribution in [0.3, 0.4) is 0 Å². The van der Waals surface area contributed by atoms with Crippen molar-refractivity contribution in [3.8, 4) is 5.75 Å². The Morgan fingerprint density at radius 2 is 1.93 bits per heavy atom. The Morgan fingerprint density at radius 3 is 2.60 bits per heavy atom. The van der Waals surface area contributed by atoms with Crippen LogP contribution >= 0.6 is 35.0 Å². The van der Waals surface area contributed by atoms with Crippen molar-refractivity contribution in [2.75, 3.05) is 19.6 Å². The van der Waals surface area contributed by atoms with E-state index in [1.54, 1.807) is 18.3 Å². The van der Waals surface area contributed by atoms with Crippen molar-refractivity contribution in [2.45, 2.75) is 82.6 Å². The predicted molar refractivity (Wildman–Crippen MR) is 177 cm³/mol. The number of carbonyl (C=O) groups excluding carboxylic acids is 2. The standard InChI is InChI=1S/C33H38Cl2N6O3S/c1-18(2)26-27(30(44)40-19(3)5-9-23(40)29(43)39-14-13-37-33(17-39)11-12-33)45-31-38-32(4,20-6-10-25(35)36-16-20)28(41(26)31)22-8-7-21(34)15-24(22)42/h6-8,10,15-16,18-19,23,28,37,42H,5,9,11-14,17H2,1-4H3/t19-,23+,28-,32+/m1/s1. The number of aliphatic imine (C=N–C) groups is 1. The Morgan fingerprint density at radius 1 is 1.16 bits per heavy atom. The number of nitrogens with one attached hydrogen (secondary N) is 1. The smallest absolute Gasteiger partial charge is 0.263 e. The summed E-state index contributed by atoms with van der Waals surface area (Å²) in [7, 11) is 0. The molecule has 4 aliphatic heterocycles. The van der Waals surface area contributed by atoms with E-state index in [0.29, 0.717) is 45.3 Å². The number of hydrogen-bond acceptors (Lipinski definition) is 8. The maximum Gasteiger partial charge on any atom is 0.263 e. The molecule has 238 valence electrons. The highest BCUT2D eigenvalue weighted by molar-refractivity contribution is 8.18. The number of rotatable bonds is 5. The number of amides is 2. The van der Waals surface area contributed by atoms with Crippen LogP contribution in [-0.4, -0.2) is 79.0 Å². The molecule has 4 atom stereocenters. The summed E-state index contributed by atoms with van der Waals surface area (Å²) in [5, 5.41) is 16.3. The summed E-state index contributed by atoms with van der Waals surface area (Å²) in [5.41, 5.74) is 1.50. The molecule has 2 saturated heterocycles. The van der Waals surface area contributed by atoms with Crippen LogP contribution in [0.25, 0.3) is 0 Å². The van der Waals surface area contributed by atoms with E-state index in [4.69, 9.17) is 28.2 Å². The maximum absolute atomic E-state index is 14.7. The van der Waals surface area contributed by atoms with Gasteiger partial charge in [-0.15, -0.1) is 0 Å². The minimum atomic E-state index is -0.861. The Hall–Kier alpha value is -2.79. The lowest BCUT2D eigenvalue weighted by atomic mass is 9.81. The monoisotopic (exact) mass is 668 g/mol. The number of pyridine rings is 1. The Balaban J connectivity index is 1.28. The van der Waals surface area contributed by atoms with Crippen LogP contribution in [0.5, 0.6) is 5.75 Å². The number of thioether (sulfide) groups is 1. The lowest BCUT2D eigenvalue weighted by Crippen LogP contribution is -2.58. The van der Waals surface area contributed by atoms with Gasteiger partial charge in [-0.1, -0.05) is 49.2 Å². The van der Waals surface area contributed by atoms with Crippen LogP contribution in [0.15, 0.2) is 52.1 Å². The topological polar surface area (TPSA) is 101 Å². The van der Waals surface area contributed by atoms with Gasteiger partial charge >= 0.3 is 0 Å². The minimum absolute atomic E-state index is 0.0493. The SMILES string of the molecule is CC(C)C1=C(C(=O)N2[C@H](C)CC[C@H]2C(=O)N2CCNC3(CC3)C2)SC2=N[C@@](C)(c3ccc(Cl)nc3)[C@@H](c3ccc(Cl)cc3O)N21. The zero-order valence-electron chi connectivity index (χ0n) is 25.9. The van der Waals surface area contributed by atoms with Gasteiger partial charge in [0.2, 0.25) is 5.91 Å². The summed E-state index contributed by atoms with van der Waals surface area (Å²) in [4.78, 5) is 44.7. The first-order valence-corrected chi connectivity index (χ1v) is 17.3. The number of nitrogens with zero attached hydrogens (tertiary/aromatic N) is 5. The van der Waals surface area contributed by atoms with Gasteiger partial charge in [-0.2, -0.15) is 0 Å². The largest absolute Gasteiger partial charge is 0.508 e. The number of phenolic OH excluding ortho intramolecular Hbond substituents is 1. The summed E-state index contributed by atoms with van der Waals surface area (Å²) in [6.07, 6.45) is 5.34. The Labute approximate surface area is 278 Å². The summed E-state index contributed by atoms with van der Waals surface area (Å²) in [6, 6.07) is 7.71. The molecule has 0 unspecified atom stereocenters. The molecule has 0 radical (unpaired) electrons. The highest BCUT2D eigenvalue weighted by Gasteiger charge is 2.55. The van der Waals surface area contributed by atoms with Crippen LogP contribution in [0, 0.1) is 5.92 Å². The van der Waals surface area contributed by atoms with Gasteiger partial charge < -0.3 is 25.1 Å². The molecular formula is C33H38Cl2N6O3S. The molecule has 2 N–H and O–H groups in total. The second kappa shape index (κ2) is 11.2. The van der Waals surface area contributed by atoms with Gasteiger partial charge in [0.1, 0.15) is 27.4 Å². The number of halogens is 2. The molecule has 45 heavy (non-hydrogen) atoms. The van der Waals surface area contributed by atoms with Crippen LogP contribution in [0.1, 0.15) is 70.5 Å². The van der Waals surface area contributed by atoms with Crippen LogP contribution < -0.4 is 5.32 Å². The molecule has 1 saturated carbocycles. The van der Waals surface area contributed by atoms with Crippen LogP contribution in [-0.2, 0) is 15.1 Å². The molecule has 1 aromatic heterocycles. The summed E-state index contributed by atoms with van der Waals surface area (Å²) in [5.74, 6) is -0.0795. The maximum atomic E-state index is 14.7. The lowest BCUT2D eigenvalue weighted by molar-refractivity contribution is -0.144. The normalized spacial score (nSPS) is 28.7. The number of likely N-dealkylation sites (tertiary alicyclic amines) is 1. The average molecular weight is 670 g/mol. The average Bonchev–Trinajstić information content (AvgIpc) is 3.32. The first-order chi connectivity index (χ1) is 21.4. The summed E-state index contributed by atoms with van der Waals surface area (Å²) >= 11 is 13.8. The van der Waals surface area contributed by atoms with Gasteiger partial charge in [0.25, 0.3) is 5.91 Å². The molecule has 12 heteroatoms. The van der Waals surface area contributed by atoms with E-state index in [1.807, 2.05) is 35.8 Å². The van der Waals surface area contributed by atoms with Gasteiger partial charge in [0.05, 0.1) is 6.04 Å². The first-order valence-electron chi connectivity index (χ1n) is 15.7. The number of aromatic nitrogens is 1. The first kappa shape index (κ1) is 30.8. The van der Waals surface area contributed by atoms with E-state index in [-0.39, 0.29) is 35.1 Å². The van der Waals surface area contributed by atoms with E-state index in [2.05, 4.69) is 29.0 Å². The molecule has 1 spiro atoms. The molecule has 1 aliphatic carbocycles. The van der Waals surface area contributed by atoms with Crippen LogP contribution in [0.4, 0.5) is 0 Å². The zero-order chi connectivity index (χ0) is 31.8. The lowest BCUT2D eigenvalue weighted by Gasteiger charge is -2.38. The molecule has 2 amide bonds. The Kier molecular flexibility index (Phi) is 7.66. The molecule has 1 aromatic carbocycles. The number of hydrogen-bond donors (Lipinski definition) is 2. The summed E-state index contributed by atoms with van der Waals surface area (Å²) in [6.45, 7) is 10.3. The third-order valence-electron chi connectivity index (χ3n) is 10.1. The second-order valence-corrected chi connectivity index (χ2v) is 15.3. The number of fused-ring (bicyclic) bond motifs is 1. The predicted octanol–water partition coefficient (Wildman–Crippen LogP) is 5.68. The van der Waals surface area contributed by atoms with Crippen molar-refractivity contribution in [2.24, 2.45) is 10.9 Å². The van der Waals surface area contributed by atoms with Crippen molar-refractivity contribution < 1.29 is 14.7 Å². The fourth-order valence-corrected chi connectivity index (χ4v) is 9.18. The van der Waals surface area contributed by atoms with E-state index >= 15 is 0 Å². The van der Waals surface area contributed by atoms with Crippen LogP contribution in [0.2, 0.25) is 10.2 Å². The second-order valence-electron chi connectivity index (χ2n) is 13.5.